The zero-order valence-corrected chi connectivity index (χ0v) is 18.2. The van der Waals surface area contributed by atoms with Gasteiger partial charge in [-0.25, -0.2) is 8.42 Å². The lowest BCUT2D eigenvalue weighted by Crippen LogP contribution is -2.51. The summed E-state index contributed by atoms with van der Waals surface area (Å²) in [5.41, 5.74) is 1.60. The number of ether oxygens (including phenoxy) is 3. The Labute approximate surface area is 176 Å². The van der Waals surface area contributed by atoms with Crippen molar-refractivity contribution < 1.29 is 27.4 Å². The number of likely N-dealkylation sites (N-methyl/N-ethyl adjacent to an activating group) is 1. The number of hydrogen-bond acceptors (Lipinski definition) is 7. The number of piperazine rings is 1. The van der Waals surface area contributed by atoms with Gasteiger partial charge in [0, 0.05) is 50.7 Å². The number of fused-ring (bicyclic) bond motifs is 2. The number of carbonyl (C=O) groups excluding carboxylic acids is 1. The smallest absolute Gasteiger partial charge is 0.247 e. The van der Waals surface area contributed by atoms with Crippen LogP contribution < -0.4 is 14.2 Å². The summed E-state index contributed by atoms with van der Waals surface area (Å²) in [4.78, 5) is 16.5. The molecule has 1 aromatic rings. The maximum Gasteiger partial charge on any atom is 0.247 e. The fraction of sp³-hybridized carbons (Fsp3) is 0.650. The molecule has 4 aliphatic rings. The van der Waals surface area contributed by atoms with E-state index in [4.69, 9.17) is 14.2 Å². The molecule has 2 fully saturated rings. The average molecular weight is 438 g/mol. The van der Waals surface area contributed by atoms with E-state index in [2.05, 4.69) is 4.90 Å². The number of methoxy groups -OCH3 is 1. The van der Waals surface area contributed by atoms with Crippen molar-refractivity contribution in [2.45, 2.75) is 30.7 Å². The van der Waals surface area contributed by atoms with Crippen LogP contribution >= 0.6 is 0 Å². The summed E-state index contributed by atoms with van der Waals surface area (Å²) >= 11 is 0. The van der Waals surface area contributed by atoms with Gasteiger partial charge in [0.1, 0.15) is 4.90 Å². The summed E-state index contributed by atoms with van der Waals surface area (Å²) < 4.78 is 45.9. The molecule has 0 atom stereocenters. The fourth-order valence-corrected chi connectivity index (χ4v) is 6.43. The molecule has 0 N–H and O–H groups in total. The first-order valence-corrected chi connectivity index (χ1v) is 11.8. The maximum absolute atomic E-state index is 13.8. The third kappa shape index (κ3) is 3.12. The molecule has 5 rings (SSSR count). The Morgan fingerprint density at radius 1 is 1.03 bits per heavy atom. The van der Waals surface area contributed by atoms with Crippen molar-refractivity contribution in [3.05, 3.63) is 11.1 Å². The topological polar surface area (TPSA) is 88.6 Å². The highest BCUT2D eigenvalue weighted by Crippen LogP contribution is 2.51. The lowest BCUT2D eigenvalue weighted by Gasteiger charge is -2.35. The summed E-state index contributed by atoms with van der Waals surface area (Å²) in [6.07, 6.45) is 2.49. The third-order valence-corrected chi connectivity index (χ3v) is 8.38. The summed E-state index contributed by atoms with van der Waals surface area (Å²) in [6, 6.07) is 0. The molecule has 164 valence electrons. The van der Waals surface area contributed by atoms with E-state index in [0.29, 0.717) is 37.6 Å². The van der Waals surface area contributed by atoms with Crippen LogP contribution in [0.25, 0.3) is 0 Å². The zero-order valence-electron chi connectivity index (χ0n) is 17.3. The first kappa shape index (κ1) is 19.9. The second kappa shape index (κ2) is 7.28. The number of carbonyl (C=O) groups is 1. The molecule has 0 aromatic heterocycles. The largest absolute Gasteiger partial charge is 0.492 e. The molecule has 1 aliphatic carbocycles. The highest BCUT2D eigenvalue weighted by atomic mass is 32.2. The van der Waals surface area contributed by atoms with Crippen molar-refractivity contribution in [1.29, 1.82) is 0 Å². The third-order valence-electron chi connectivity index (χ3n) is 6.39. The first-order chi connectivity index (χ1) is 14.4. The molecule has 10 heteroatoms. The van der Waals surface area contributed by atoms with Crippen LogP contribution in [0, 0.1) is 5.92 Å². The van der Waals surface area contributed by atoms with Gasteiger partial charge in [-0.2, -0.15) is 4.31 Å². The van der Waals surface area contributed by atoms with Crippen molar-refractivity contribution in [2.24, 2.45) is 5.92 Å². The second-order valence-corrected chi connectivity index (χ2v) is 10.3. The van der Waals surface area contributed by atoms with Crippen LogP contribution in [0.2, 0.25) is 0 Å². The minimum Gasteiger partial charge on any atom is -0.492 e. The molecule has 1 saturated heterocycles. The second-order valence-electron chi connectivity index (χ2n) is 8.38. The number of rotatable bonds is 4. The normalized spacial score (nSPS) is 22.1. The van der Waals surface area contributed by atoms with E-state index in [1.54, 1.807) is 12.0 Å². The minimum atomic E-state index is -3.81. The zero-order chi connectivity index (χ0) is 21.0. The van der Waals surface area contributed by atoms with Crippen LogP contribution in [0.5, 0.6) is 17.2 Å². The molecular weight excluding hydrogens is 410 g/mol. The van der Waals surface area contributed by atoms with Gasteiger partial charge in [-0.1, -0.05) is 0 Å². The lowest BCUT2D eigenvalue weighted by atomic mass is 9.97. The Morgan fingerprint density at radius 2 is 1.73 bits per heavy atom. The average Bonchev–Trinajstić information content (AvgIpc) is 3.49. The Balaban J connectivity index is 1.51. The van der Waals surface area contributed by atoms with Gasteiger partial charge in [-0.05, 0) is 31.9 Å². The maximum atomic E-state index is 13.8. The van der Waals surface area contributed by atoms with E-state index < -0.39 is 10.0 Å². The molecule has 0 spiro atoms. The van der Waals surface area contributed by atoms with Gasteiger partial charge in [0.05, 0.1) is 7.11 Å². The molecule has 0 unspecified atom stereocenters. The van der Waals surface area contributed by atoms with Crippen LogP contribution in [0.15, 0.2) is 4.90 Å². The van der Waals surface area contributed by atoms with E-state index in [1.807, 2.05) is 7.05 Å². The molecule has 0 radical (unpaired) electrons. The van der Waals surface area contributed by atoms with Gasteiger partial charge in [0.15, 0.2) is 11.5 Å². The van der Waals surface area contributed by atoms with Crippen molar-refractivity contribution >= 4 is 15.9 Å². The Bertz CT molecular complexity index is 983. The molecule has 3 aliphatic heterocycles. The number of sulfonamides is 1. The fourth-order valence-electron chi connectivity index (χ4n) is 4.60. The number of hydrogen-bond donors (Lipinski definition) is 0. The summed E-state index contributed by atoms with van der Waals surface area (Å²) in [5, 5.41) is 0. The molecule has 30 heavy (non-hydrogen) atoms. The van der Waals surface area contributed by atoms with Crippen LogP contribution in [-0.4, -0.2) is 82.1 Å². The number of benzene rings is 1. The van der Waals surface area contributed by atoms with Crippen molar-refractivity contribution in [3.63, 3.8) is 0 Å². The standard InChI is InChI=1S/C20H27N3O6S/c1-21-6-5-14-15(11-21)16(27-2)17-18(29-12-28-17)19(14)30(25,26)23-9-7-22(8-10-23)20(24)13-3-4-13/h13H,3-12H2,1-2H3. The Hall–Kier alpha value is -2.04. The Kier molecular flexibility index (Phi) is 4.83. The molecule has 9 nitrogen and oxygen atoms in total. The molecule has 1 aromatic carbocycles. The van der Waals surface area contributed by atoms with Gasteiger partial charge in [0.2, 0.25) is 28.5 Å². The van der Waals surface area contributed by atoms with Crippen molar-refractivity contribution in [3.8, 4) is 17.2 Å². The Morgan fingerprint density at radius 3 is 2.40 bits per heavy atom. The van der Waals surface area contributed by atoms with Crippen LogP contribution in [-0.2, 0) is 27.8 Å². The molecular formula is C20H27N3O6S. The quantitative estimate of drug-likeness (QED) is 0.684. The molecule has 1 amide bonds. The van der Waals surface area contributed by atoms with Gasteiger partial charge < -0.3 is 24.0 Å². The summed E-state index contributed by atoms with van der Waals surface area (Å²) in [7, 11) is -0.245. The molecule has 1 saturated carbocycles. The van der Waals surface area contributed by atoms with Crippen molar-refractivity contribution in [2.75, 3.05) is 53.7 Å². The van der Waals surface area contributed by atoms with E-state index in [1.165, 1.54) is 4.31 Å². The highest BCUT2D eigenvalue weighted by molar-refractivity contribution is 7.89. The van der Waals surface area contributed by atoms with Gasteiger partial charge in [-0.15, -0.1) is 0 Å². The summed E-state index contributed by atoms with van der Waals surface area (Å²) in [5.74, 6) is 1.49. The van der Waals surface area contributed by atoms with Crippen molar-refractivity contribution in [1.82, 2.24) is 14.1 Å². The predicted molar refractivity (Wildman–Crippen MR) is 107 cm³/mol. The van der Waals surface area contributed by atoms with Crippen LogP contribution in [0.1, 0.15) is 24.0 Å². The van der Waals surface area contributed by atoms with E-state index in [9.17, 15) is 13.2 Å². The SMILES string of the molecule is COc1c2c(c(S(=O)(=O)N3CCN(C(=O)C4CC4)CC3)c3c1OCO3)CCN(C)C2. The van der Waals surface area contributed by atoms with Gasteiger partial charge >= 0.3 is 0 Å². The lowest BCUT2D eigenvalue weighted by molar-refractivity contribution is -0.133. The summed E-state index contributed by atoms with van der Waals surface area (Å²) in [6.45, 7) is 2.73. The monoisotopic (exact) mass is 437 g/mol. The van der Waals surface area contributed by atoms with E-state index in [0.717, 1.165) is 30.5 Å². The number of amides is 1. The van der Waals surface area contributed by atoms with Gasteiger partial charge in [0.25, 0.3) is 0 Å². The van der Waals surface area contributed by atoms with E-state index in [-0.39, 0.29) is 42.4 Å². The number of nitrogens with zero attached hydrogens (tertiary/aromatic N) is 3. The van der Waals surface area contributed by atoms with Crippen LogP contribution in [0.3, 0.4) is 0 Å². The highest BCUT2D eigenvalue weighted by Gasteiger charge is 2.42. The minimum absolute atomic E-state index is 0.0311. The van der Waals surface area contributed by atoms with Gasteiger partial charge in [-0.3, -0.25) is 4.79 Å². The molecule has 0 bridgehead atoms. The first-order valence-electron chi connectivity index (χ1n) is 10.4. The predicted octanol–water partition coefficient (Wildman–Crippen LogP) is 0.655. The van der Waals surface area contributed by atoms with E-state index >= 15 is 0 Å². The van der Waals surface area contributed by atoms with Crippen LogP contribution in [0.4, 0.5) is 0 Å². The molecule has 3 heterocycles.